The quantitative estimate of drug-likeness (QED) is 0.793. The molecule has 0 saturated carbocycles. The molecule has 8 heteroatoms. The highest BCUT2D eigenvalue weighted by atomic mass is 32.2. The summed E-state index contributed by atoms with van der Waals surface area (Å²) < 4.78 is 44.6. The van der Waals surface area contributed by atoms with Gasteiger partial charge < -0.3 is 15.6 Å². The average Bonchev–Trinajstić information content (AvgIpc) is 2.87. The molecular weight excluding hydrogens is 287 g/mol. The molecule has 112 valence electrons. The van der Waals surface area contributed by atoms with Crippen LogP contribution in [0.1, 0.15) is 12.8 Å². The summed E-state index contributed by atoms with van der Waals surface area (Å²) in [5, 5.41) is 9.21. The first kappa shape index (κ1) is 15.0. The van der Waals surface area contributed by atoms with Gasteiger partial charge in [0.25, 0.3) is 0 Å². The maximum atomic E-state index is 13.8. The van der Waals surface area contributed by atoms with E-state index in [1.54, 1.807) is 0 Å². The van der Waals surface area contributed by atoms with Gasteiger partial charge in [0.15, 0.2) is 11.6 Å². The molecule has 1 aromatic rings. The highest BCUT2D eigenvalue weighted by molar-refractivity contribution is 7.89. The Kier molecular flexibility index (Phi) is 4.17. The second-order valence-electron chi connectivity index (χ2n) is 4.62. The van der Waals surface area contributed by atoms with Gasteiger partial charge in [0.1, 0.15) is 0 Å². The summed E-state index contributed by atoms with van der Waals surface area (Å²) in [6.45, 7) is 0.0501. The monoisotopic (exact) mass is 304 g/mol. The molecule has 1 saturated heterocycles. The summed E-state index contributed by atoms with van der Waals surface area (Å²) in [7, 11) is -2.62. The molecule has 0 radical (unpaired) electrons. The van der Waals surface area contributed by atoms with Gasteiger partial charge in [-0.1, -0.05) is 0 Å². The minimum absolute atomic E-state index is 0.0779. The molecule has 1 fully saturated rings. The van der Waals surface area contributed by atoms with Gasteiger partial charge >= 0.3 is 0 Å². The number of aliphatic hydroxyl groups excluding tert-OH is 1. The van der Waals surface area contributed by atoms with E-state index in [1.807, 2.05) is 0 Å². The van der Waals surface area contributed by atoms with Gasteiger partial charge in [-0.2, -0.15) is 4.31 Å². The number of nitrogens with zero attached hydrogens (tertiary/aromatic N) is 1. The van der Waals surface area contributed by atoms with Crippen molar-refractivity contribution in [3.05, 3.63) is 17.9 Å². The summed E-state index contributed by atoms with van der Waals surface area (Å²) in [6.07, 6.45) is 1.25. The molecular formula is C12H17FN2O4S. The van der Waals surface area contributed by atoms with Gasteiger partial charge in [0.05, 0.1) is 24.3 Å². The standard InChI is InChI=1S/C12H17FN2O4S/c1-19-12-10(13)5-9(6-11(12)14)20(17,18)15-4-2-3-8(15)7-16/h5-6,8,16H,2-4,7,14H2,1H3/t8-/m0/s1. The number of benzene rings is 1. The molecule has 1 aliphatic rings. The fourth-order valence-corrected chi connectivity index (χ4v) is 4.13. The number of anilines is 1. The number of ether oxygens (including phenoxy) is 1. The van der Waals surface area contributed by atoms with Crippen LogP contribution in [0, 0.1) is 5.82 Å². The smallest absolute Gasteiger partial charge is 0.243 e. The number of sulfonamides is 1. The second-order valence-corrected chi connectivity index (χ2v) is 6.51. The van der Waals surface area contributed by atoms with Crippen LogP contribution in [-0.2, 0) is 10.0 Å². The Balaban J connectivity index is 2.45. The van der Waals surface area contributed by atoms with Crippen molar-refractivity contribution in [2.45, 2.75) is 23.8 Å². The maximum absolute atomic E-state index is 13.8. The van der Waals surface area contributed by atoms with E-state index < -0.39 is 21.9 Å². The fraction of sp³-hybridized carbons (Fsp3) is 0.500. The number of rotatable bonds is 4. The van der Waals surface area contributed by atoms with E-state index >= 15 is 0 Å². The molecule has 6 nitrogen and oxygen atoms in total. The van der Waals surface area contributed by atoms with Crippen molar-refractivity contribution in [3.63, 3.8) is 0 Å². The SMILES string of the molecule is COc1c(N)cc(S(=O)(=O)N2CCC[C@H]2CO)cc1F. The van der Waals surface area contributed by atoms with Crippen molar-refractivity contribution in [2.75, 3.05) is 26.0 Å². The van der Waals surface area contributed by atoms with Crippen molar-refractivity contribution >= 4 is 15.7 Å². The van der Waals surface area contributed by atoms with Crippen LogP contribution in [0.3, 0.4) is 0 Å². The molecule has 0 bridgehead atoms. The van der Waals surface area contributed by atoms with Crippen LogP contribution >= 0.6 is 0 Å². The molecule has 20 heavy (non-hydrogen) atoms. The van der Waals surface area contributed by atoms with Crippen molar-refractivity contribution < 1.29 is 22.7 Å². The first-order chi connectivity index (χ1) is 9.41. The van der Waals surface area contributed by atoms with Crippen LogP contribution in [0.25, 0.3) is 0 Å². The molecule has 0 aromatic heterocycles. The number of nitrogens with two attached hydrogens (primary N) is 1. The van der Waals surface area contributed by atoms with Gasteiger partial charge in [-0.05, 0) is 25.0 Å². The third kappa shape index (κ3) is 2.46. The molecule has 1 atom stereocenters. The van der Waals surface area contributed by atoms with Crippen LogP contribution < -0.4 is 10.5 Å². The van der Waals surface area contributed by atoms with E-state index in [2.05, 4.69) is 0 Å². The highest BCUT2D eigenvalue weighted by Gasteiger charge is 2.35. The maximum Gasteiger partial charge on any atom is 0.243 e. The third-order valence-corrected chi connectivity index (χ3v) is 5.32. The lowest BCUT2D eigenvalue weighted by Gasteiger charge is -2.22. The lowest BCUT2D eigenvalue weighted by molar-refractivity contribution is 0.213. The Morgan fingerprint density at radius 1 is 1.55 bits per heavy atom. The first-order valence-electron chi connectivity index (χ1n) is 6.17. The van der Waals surface area contributed by atoms with E-state index in [0.717, 1.165) is 6.07 Å². The van der Waals surface area contributed by atoms with Crippen molar-refractivity contribution in [3.8, 4) is 5.75 Å². The third-order valence-electron chi connectivity index (χ3n) is 3.39. The predicted molar refractivity (Wildman–Crippen MR) is 71.4 cm³/mol. The zero-order valence-electron chi connectivity index (χ0n) is 11.0. The van der Waals surface area contributed by atoms with Gasteiger partial charge in [0, 0.05) is 12.6 Å². The number of aliphatic hydroxyl groups is 1. The Morgan fingerprint density at radius 2 is 2.25 bits per heavy atom. The van der Waals surface area contributed by atoms with Gasteiger partial charge in [0.2, 0.25) is 10.0 Å². The normalized spacial score (nSPS) is 20.2. The van der Waals surface area contributed by atoms with E-state index in [-0.39, 0.29) is 22.9 Å². The molecule has 1 aromatic carbocycles. The number of halogens is 1. The van der Waals surface area contributed by atoms with Crippen molar-refractivity contribution in [1.29, 1.82) is 0 Å². The highest BCUT2D eigenvalue weighted by Crippen LogP contribution is 2.32. The van der Waals surface area contributed by atoms with E-state index in [1.165, 1.54) is 17.5 Å². The Morgan fingerprint density at radius 3 is 2.80 bits per heavy atom. The number of methoxy groups -OCH3 is 1. The van der Waals surface area contributed by atoms with Gasteiger partial charge in [-0.25, -0.2) is 12.8 Å². The van der Waals surface area contributed by atoms with Crippen LogP contribution in [-0.4, -0.2) is 44.1 Å². The summed E-state index contributed by atoms with van der Waals surface area (Å²) in [5.41, 5.74) is 5.52. The molecule has 1 heterocycles. The largest absolute Gasteiger partial charge is 0.492 e. The van der Waals surface area contributed by atoms with E-state index in [4.69, 9.17) is 10.5 Å². The summed E-state index contributed by atoms with van der Waals surface area (Å²) in [4.78, 5) is -0.228. The Hall–Kier alpha value is -1.38. The molecule has 0 aliphatic carbocycles. The molecule has 0 spiro atoms. The van der Waals surface area contributed by atoms with E-state index in [9.17, 15) is 17.9 Å². The second kappa shape index (κ2) is 5.55. The van der Waals surface area contributed by atoms with Crippen LogP contribution in [0.5, 0.6) is 5.75 Å². The zero-order chi connectivity index (χ0) is 14.9. The molecule has 3 N–H and O–H groups in total. The first-order valence-corrected chi connectivity index (χ1v) is 7.61. The number of hydrogen-bond acceptors (Lipinski definition) is 5. The minimum Gasteiger partial charge on any atom is -0.492 e. The molecule has 2 rings (SSSR count). The summed E-state index contributed by atoms with van der Waals surface area (Å²) >= 11 is 0. The van der Waals surface area contributed by atoms with Gasteiger partial charge in [-0.3, -0.25) is 0 Å². The molecule has 0 unspecified atom stereocenters. The zero-order valence-corrected chi connectivity index (χ0v) is 11.9. The fourth-order valence-electron chi connectivity index (χ4n) is 2.40. The Bertz CT molecular complexity index is 582. The molecule has 1 aliphatic heterocycles. The summed E-state index contributed by atoms with van der Waals surface area (Å²) in [5.74, 6) is -1.00. The average molecular weight is 304 g/mol. The van der Waals surface area contributed by atoms with Crippen LogP contribution in [0.2, 0.25) is 0 Å². The minimum atomic E-state index is -3.87. The number of nitrogen functional groups attached to an aromatic ring is 1. The lowest BCUT2D eigenvalue weighted by Crippen LogP contribution is -2.37. The van der Waals surface area contributed by atoms with E-state index in [0.29, 0.717) is 19.4 Å². The van der Waals surface area contributed by atoms with Crippen LogP contribution in [0.4, 0.5) is 10.1 Å². The lowest BCUT2D eigenvalue weighted by atomic mass is 10.2. The summed E-state index contributed by atoms with van der Waals surface area (Å²) in [6, 6.07) is 1.59. The van der Waals surface area contributed by atoms with Gasteiger partial charge in [-0.15, -0.1) is 0 Å². The predicted octanol–water partition coefficient (Wildman–Crippen LogP) is 0.562. The molecule has 0 amide bonds. The number of hydrogen-bond donors (Lipinski definition) is 2. The van der Waals surface area contributed by atoms with Crippen molar-refractivity contribution in [1.82, 2.24) is 4.31 Å². The topological polar surface area (TPSA) is 92.9 Å². The van der Waals surface area contributed by atoms with Crippen molar-refractivity contribution in [2.24, 2.45) is 0 Å². The Labute approximate surface area is 117 Å². The van der Waals surface area contributed by atoms with Crippen LogP contribution in [0.15, 0.2) is 17.0 Å².